The second-order valence-electron chi connectivity index (χ2n) is 4.41. The maximum absolute atomic E-state index is 9.30. The van der Waals surface area contributed by atoms with Crippen LogP contribution in [0.5, 0.6) is 0 Å². The number of rotatable bonds is 6. The molecule has 0 aliphatic rings. The zero-order valence-corrected chi connectivity index (χ0v) is 10.5. The Kier molecular flexibility index (Phi) is 5.50. The van der Waals surface area contributed by atoms with Gasteiger partial charge in [-0.3, -0.25) is 0 Å². The Labute approximate surface area is 98.7 Å². The highest BCUT2D eigenvalue weighted by atomic mass is 16.3. The molecular formula is C14H23NO. The van der Waals surface area contributed by atoms with Crippen molar-refractivity contribution in [3.8, 4) is 0 Å². The van der Waals surface area contributed by atoms with E-state index in [0.29, 0.717) is 5.92 Å². The van der Waals surface area contributed by atoms with Gasteiger partial charge in [0.25, 0.3) is 0 Å². The highest BCUT2D eigenvalue weighted by Crippen LogP contribution is 2.21. The number of aliphatic hydroxyl groups excluding tert-OH is 1. The summed E-state index contributed by atoms with van der Waals surface area (Å²) in [4.78, 5) is 0. The first kappa shape index (κ1) is 13.2. The zero-order valence-electron chi connectivity index (χ0n) is 10.5. The number of benzene rings is 1. The van der Waals surface area contributed by atoms with Crippen LogP contribution in [0.15, 0.2) is 24.3 Å². The van der Waals surface area contributed by atoms with E-state index in [9.17, 15) is 5.11 Å². The second kappa shape index (κ2) is 6.66. The SMILES string of the molecule is CCC(C)c1ccc(C(CO)CNC)cc1. The predicted molar refractivity (Wildman–Crippen MR) is 68.9 cm³/mol. The first-order valence-electron chi connectivity index (χ1n) is 6.08. The number of nitrogens with one attached hydrogen (secondary N) is 1. The van der Waals surface area contributed by atoms with E-state index >= 15 is 0 Å². The molecule has 2 N–H and O–H groups in total. The molecule has 0 heterocycles. The van der Waals surface area contributed by atoms with Gasteiger partial charge in [0.15, 0.2) is 0 Å². The van der Waals surface area contributed by atoms with Crippen LogP contribution in [0.1, 0.15) is 43.2 Å². The molecule has 1 aromatic rings. The molecule has 0 radical (unpaired) electrons. The van der Waals surface area contributed by atoms with Gasteiger partial charge in [0.2, 0.25) is 0 Å². The van der Waals surface area contributed by atoms with E-state index in [1.165, 1.54) is 17.5 Å². The lowest BCUT2D eigenvalue weighted by Crippen LogP contribution is -2.20. The summed E-state index contributed by atoms with van der Waals surface area (Å²) in [5, 5.41) is 12.4. The minimum absolute atomic E-state index is 0.198. The van der Waals surface area contributed by atoms with E-state index in [-0.39, 0.29) is 12.5 Å². The largest absolute Gasteiger partial charge is 0.396 e. The summed E-state index contributed by atoms with van der Waals surface area (Å²) in [6, 6.07) is 8.64. The highest BCUT2D eigenvalue weighted by molar-refractivity contribution is 5.27. The lowest BCUT2D eigenvalue weighted by molar-refractivity contribution is 0.263. The van der Waals surface area contributed by atoms with E-state index in [1.54, 1.807) is 0 Å². The molecule has 0 aromatic heterocycles. The molecule has 0 saturated heterocycles. The molecule has 0 aliphatic carbocycles. The summed E-state index contributed by atoms with van der Waals surface area (Å²) in [5.74, 6) is 0.821. The summed E-state index contributed by atoms with van der Waals surface area (Å²) in [7, 11) is 1.91. The Morgan fingerprint density at radius 2 is 1.75 bits per heavy atom. The molecule has 0 spiro atoms. The highest BCUT2D eigenvalue weighted by Gasteiger charge is 2.10. The van der Waals surface area contributed by atoms with Crippen molar-refractivity contribution < 1.29 is 5.11 Å². The lowest BCUT2D eigenvalue weighted by atomic mass is 9.94. The van der Waals surface area contributed by atoms with Crippen LogP contribution < -0.4 is 5.32 Å². The third-order valence-electron chi connectivity index (χ3n) is 3.26. The molecule has 1 aromatic carbocycles. The molecule has 1 rings (SSSR count). The van der Waals surface area contributed by atoms with Crippen molar-refractivity contribution in [1.29, 1.82) is 0 Å². The van der Waals surface area contributed by atoms with Gasteiger partial charge in [-0.15, -0.1) is 0 Å². The van der Waals surface area contributed by atoms with E-state index in [2.05, 4.69) is 43.4 Å². The fraction of sp³-hybridized carbons (Fsp3) is 0.571. The average molecular weight is 221 g/mol. The first-order chi connectivity index (χ1) is 7.72. The van der Waals surface area contributed by atoms with Gasteiger partial charge in [-0.25, -0.2) is 0 Å². The van der Waals surface area contributed by atoms with Crippen molar-refractivity contribution in [1.82, 2.24) is 5.32 Å². The minimum atomic E-state index is 0.198. The van der Waals surface area contributed by atoms with Crippen LogP contribution in [0.4, 0.5) is 0 Å². The molecule has 90 valence electrons. The van der Waals surface area contributed by atoms with Crippen LogP contribution >= 0.6 is 0 Å². The van der Waals surface area contributed by atoms with Crippen LogP contribution in [0.2, 0.25) is 0 Å². The van der Waals surface area contributed by atoms with E-state index in [4.69, 9.17) is 0 Å². The van der Waals surface area contributed by atoms with Gasteiger partial charge in [0, 0.05) is 12.5 Å². The van der Waals surface area contributed by atoms with Crippen molar-refractivity contribution in [3.63, 3.8) is 0 Å². The van der Waals surface area contributed by atoms with Crippen molar-refractivity contribution in [2.75, 3.05) is 20.2 Å². The Morgan fingerprint density at radius 1 is 1.19 bits per heavy atom. The van der Waals surface area contributed by atoms with Crippen LogP contribution in [0.3, 0.4) is 0 Å². The second-order valence-corrected chi connectivity index (χ2v) is 4.41. The Bertz CT molecular complexity index is 294. The maximum atomic E-state index is 9.30. The van der Waals surface area contributed by atoms with Gasteiger partial charge in [0.05, 0.1) is 6.61 Å². The van der Waals surface area contributed by atoms with Crippen LogP contribution in [0, 0.1) is 0 Å². The summed E-state index contributed by atoms with van der Waals surface area (Å²) < 4.78 is 0. The fourth-order valence-corrected chi connectivity index (χ4v) is 1.87. The molecule has 0 amide bonds. The van der Waals surface area contributed by atoms with Crippen molar-refractivity contribution in [2.24, 2.45) is 0 Å². The topological polar surface area (TPSA) is 32.3 Å². The van der Waals surface area contributed by atoms with Gasteiger partial charge in [-0.1, -0.05) is 38.1 Å². The van der Waals surface area contributed by atoms with Gasteiger partial charge < -0.3 is 10.4 Å². The standard InChI is InChI=1S/C14H23NO/c1-4-11(2)12-5-7-13(8-6-12)14(10-16)9-15-3/h5-8,11,14-16H,4,9-10H2,1-3H3. The van der Waals surface area contributed by atoms with Crippen molar-refractivity contribution in [2.45, 2.75) is 32.1 Å². The molecule has 0 bridgehead atoms. The van der Waals surface area contributed by atoms with Crippen LogP contribution in [-0.4, -0.2) is 25.3 Å². The predicted octanol–water partition coefficient (Wildman–Crippen LogP) is 2.50. The van der Waals surface area contributed by atoms with Crippen molar-refractivity contribution >= 4 is 0 Å². The molecule has 16 heavy (non-hydrogen) atoms. The number of aliphatic hydroxyl groups is 1. The molecule has 0 fully saturated rings. The molecule has 0 saturated carbocycles. The maximum Gasteiger partial charge on any atom is 0.0511 e. The third kappa shape index (κ3) is 3.32. The monoisotopic (exact) mass is 221 g/mol. The average Bonchev–Trinajstić information content (AvgIpc) is 2.35. The molecular weight excluding hydrogens is 198 g/mol. The van der Waals surface area contributed by atoms with E-state index in [0.717, 1.165) is 6.54 Å². The Morgan fingerprint density at radius 3 is 2.19 bits per heavy atom. The van der Waals surface area contributed by atoms with E-state index in [1.807, 2.05) is 7.05 Å². The normalized spacial score (nSPS) is 14.8. The molecule has 2 heteroatoms. The third-order valence-corrected chi connectivity index (χ3v) is 3.26. The van der Waals surface area contributed by atoms with Crippen molar-refractivity contribution in [3.05, 3.63) is 35.4 Å². The van der Waals surface area contributed by atoms with Gasteiger partial charge in [-0.2, -0.15) is 0 Å². The van der Waals surface area contributed by atoms with Gasteiger partial charge in [-0.05, 0) is 30.5 Å². The first-order valence-corrected chi connectivity index (χ1v) is 6.08. The summed E-state index contributed by atoms with van der Waals surface area (Å²) >= 11 is 0. The minimum Gasteiger partial charge on any atom is -0.396 e. The number of likely N-dealkylation sites (N-methyl/N-ethyl adjacent to an activating group) is 1. The fourth-order valence-electron chi connectivity index (χ4n) is 1.87. The summed E-state index contributed by atoms with van der Waals surface area (Å²) in [6.07, 6.45) is 1.17. The number of hydrogen-bond donors (Lipinski definition) is 2. The molecule has 2 atom stereocenters. The molecule has 2 nitrogen and oxygen atoms in total. The Balaban J connectivity index is 2.76. The van der Waals surface area contributed by atoms with Gasteiger partial charge in [0.1, 0.15) is 0 Å². The van der Waals surface area contributed by atoms with Crippen LogP contribution in [0.25, 0.3) is 0 Å². The zero-order chi connectivity index (χ0) is 12.0. The quantitative estimate of drug-likeness (QED) is 0.773. The molecule has 0 aliphatic heterocycles. The van der Waals surface area contributed by atoms with Gasteiger partial charge >= 0.3 is 0 Å². The molecule has 2 unspecified atom stereocenters. The number of hydrogen-bond acceptors (Lipinski definition) is 2. The lowest BCUT2D eigenvalue weighted by Gasteiger charge is -2.15. The van der Waals surface area contributed by atoms with E-state index < -0.39 is 0 Å². The smallest absolute Gasteiger partial charge is 0.0511 e. The summed E-state index contributed by atoms with van der Waals surface area (Å²) in [6.45, 7) is 5.46. The van der Waals surface area contributed by atoms with Crippen LogP contribution in [-0.2, 0) is 0 Å². The Hall–Kier alpha value is -0.860. The summed E-state index contributed by atoms with van der Waals surface area (Å²) in [5.41, 5.74) is 2.59.